The second-order valence-corrected chi connectivity index (χ2v) is 6.94. The normalized spacial score (nSPS) is 11.0. The number of rotatable bonds is 13. The Balaban J connectivity index is -0.00000200. The second-order valence-electron chi connectivity index (χ2n) is 5.30. The predicted octanol–water partition coefficient (Wildman–Crippen LogP) is 0.764. The fraction of sp³-hybridized carbons (Fsp3) is 0.933. The van der Waals surface area contributed by atoms with Gasteiger partial charge in [-0.1, -0.05) is 58.3 Å². The molecule has 128 valence electrons. The van der Waals surface area contributed by atoms with Crippen LogP contribution in [0.2, 0.25) is 0 Å². The molecule has 0 aromatic heterocycles. The van der Waals surface area contributed by atoms with Crippen LogP contribution in [0.1, 0.15) is 79.5 Å². The topological polar surface area (TPSA) is 63.7 Å². The minimum atomic E-state index is -3.89. The van der Waals surface area contributed by atoms with E-state index in [1.807, 2.05) is 0 Å². The summed E-state index contributed by atoms with van der Waals surface area (Å²) in [6, 6.07) is 0. The predicted molar refractivity (Wildman–Crippen MR) is 86.3 cm³/mol. The van der Waals surface area contributed by atoms with Crippen molar-refractivity contribution in [3.8, 4) is 0 Å². The Kier molecular flexibility index (Phi) is 16.7. The second kappa shape index (κ2) is 14.9. The van der Waals surface area contributed by atoms with Crippen LogP contribution in [0, 0.1) is 0 Å². The molecule has 0 saturated carbocycles. The fourth-order valence-electron chi connectivity index (χ4n) is 2.10. The molecule has 0 aliphatic heterocycles. The zero-order valence-corrected chi connectivity index (χ0v) is 17.6. The molecule has 0 rings (SSSR count). The maximum absolute atomic E-state index is 11.7. The van der Waals surface area contributed by atoms with Crippen LogP contribution in [-0.4, -0.2) is 32.3 Å². The summed E-state index contributed by atoms with van der Waals surface area (Å²) in [7, 11) is -2.63. The molecule has 0 unspecified atom stereocenters. The number of carbonyl (C=O) groups excluding carboxylic acids is 1. The molecule has 0 saturated heterocycles. The molecule has 0 N–H and O–H groups in total. The monoisotopic (exact) mass is 345 g/mol. The summed E-state index contributed by atoms with van der Waals surface area (Å²) in [5, 5.41) is 0. The van der Waals surface area contributed by atoms with Crippen LogP contribution in [0.3, 0.4) is 0 Å². The summed E-state index contributed by atoms with van der Waals surface area (Å²) < 4.78 is 28.3. The fourth-order valence-corrected chi connectivity index (χ4v) is 2.89. The Labute approximate surface area is 160 Å². The van der Waals surface area contributed by atoms with E-state index >= 15 is 0 Å². The van der Waals surface area contributed by atoms with Crippen molar-refractivity contribution in [2.24, 2.45) is 0 Å². The molecule has 0 spiro atoms. The standard InChI is InChI=1S/C15H31NO4S.Na.H/c1-4-6-7-8-9-10-11-12-13-14-15(17)16(3)21(18,19)20-5-2;;/h4-14H2,1-3H3;;/q;+1;-1. The molecule has 0 fully saturated rings. The van der Waals surface area contributed by atoms with Gasteiger partial charge in [-0.15, -0.1) is 0 Å². The average molecular weight is 345 g/mol. The molecule has 0 aromatic rings. The number of amides is 1. The van der Waals surface area contributed by atoms with Crippen molar-refractivity contribution in [3.05, 3.63) is 0 Å². The van der Waals surface area contributed by atoms with Crippen LogP contribution in [0.5, 0.6) is 0 Å². The van der Waals surface area contributed by atoms with Gasteiger partial charge in [-0.25, -0.2) is 4.31 Å². The SMILES string of the molecule is CCCCCCCCCCCC(=O)N(C)S(=O)(=O)OCC.[H-].[Na+]. The summed E-state index contributed by atoms with van der Waals surface area (Å²) in [5.41, 5.74) is 0. The van der Waals surface area contributed by atoms with Crippen LogP contribution in [0.15, 0.2) is 0 Å². The largest absolute Gasteiger partial charge is 1.00 e. The van der Waals surface area contributed by atoms with Gasteiger partial charge in [0.2, 0.25) is 5.91 Å². The molecule has 0 bridgehead atoms. The summed E-state index contributed by atoms with van der Waals surface area (Å²) in [6.45, 7) is 3.83. The molecular weight excluding hydrogens is 313 g/mol. The Morgan fingerprint density at radius 2 is 1.41 bits per heavy atom. The van der Waals surface area contributed by atoms with E-state index in [4.69, 9.17) is 0 Å². The van der Waals surface area contributed by atoms with Crippen LogP contribution in [0.25, 0.3) is 0 Å². The van der Waals surface area contributed by atoms with Gasteiger partial charge in [-0.05, 0) is 13.3 Å². The van der Waals surface area contributed by atoms with Crippen molar-refractivity contribution in [2.45, 2.75) is 78.1 Å². The molecule has 0 aliphatic rings. The first kappa shape index (κ1) is 24.6. The Morgan fingerprint density at radius 3 is 1.86 bits per heavy atom. The van der Waals surface area contributed by atoms with Crippen molar-refractivity contribution in [1.82, 2.24) is 4.31 Å². The first-order chi connectivity index (χ1) is 9.95. The van der Waals surface area contributed by atoms with Crippen molar-refractivity contribution in [1.29, 1.82) is 0 Å². The molecule has 7 heteroatoms. The first-order valence-electron chi connectivity index (χ1n) is 8.11. The van der Waals surface area contributed by atoms with Crippen LogP contribution in [-0.2, 0) is 19.3 Å². The number of carbonyl (C=O) groups is 1. The van der Waals surface area contributed by atoms with E-state index in [9.17, 15) is 13.2 Å². The average Bonchev–Trinajstić information content (AvgIpc) is 2.44. The summed E-state index contributed by atoms with van der Waals surface area (Å²) >= 11 is 0. The number of hydrogen-bond acceptors (Lipinski definition) is 4. The minimum Gasteiger partial charge on any atom is -1.00 e. The minimum absolute atomic E-state index is 0. The van der Waals surface area contributed by atoms with E-state index in [0.717, 1.165) is 19.3 Å². The van der Waals surface area contributed by atoms with E-state index in [1.54, 1.807) is 6.92 Å². The summed E-state index contributed by atoms with van der Waals surface area (Å²) in [5.74, 6) is -0.397. The van der Waals surface area contributed by atoms with Crippen molar-refractivity contribution in [3.63, 3.8) is 0 Å². The number of unbranched alkanes of at least 4 members (excludes halogenated alkanes) is 8. The van der Waals surface area contributed by atoms with Crippen molar-refractivity contribution in [2.75, 3.05) is 13.7 Å². The van der Waals surface area contributed by atoms with Crippen molar-refractivity contribution < 1.29 is 48.4 Å². The third-order valence-corrected chi connectivity index (χ3v) is 4.86. The molecule has 0 heterocycles. The molecule has 0 radical (unpaired) electrons. The molecular formula is C15H32NNaO4S. The van der Waals surface area contributed by atoms with Gasteiger partial charge in [0.1, 0.15) is 0 Å². The Hall–Kier alpha value is 0.380. The van der Waals surface area contributed by atoms with Gasteiger partial charge in [-0.2, -0.15) is 8.42 Å². The third kappa shape index (κ3) is 11.9. The number of hydrogen-bond donors (Lipinski definition) is 0. The van der Waals surface area contributed by atoms with E-state index in [2.05, 4.69) is 11.1 Å². The van der Waals surface area contributed by atoms with Gasteiger partial charge >= 0.3 is 39.9 Å². The zero-order chi connectivity index (χ0) is 16.1. The van der Waals surface area contributed by atoms with Gasteiger partial charge in [0, 0.05) is 13.5 Å². The van der Waals surface area contributed by atoms with Gasteiger partial charge in [0.25, 0.3) is 0 Å². The van der Waals surface area contributed by atoms with Crippen LogP contribution in [0.4, 0.5) is 0 Å². The van der Waals surface area contributed by atoms with E-state index in [-0.39, 0.29) is 44.0 Å². The van der Waals surface area contributed by atoms with Crippen molar-refractivity contribution >= 4 is 16.2 Å². The maximum Gasteiger partial charge on any atom is 1.00 e. The smallest absolute Gasteiger partial charge is 1.00 e. The van der Waals surface area contributed by atoms with Gasteiger partial charge < -0.3 is 1.43 Å². The van der Waals surface area contributed by atoms with E-state index in [0.29, 0.717) is 4.31 Å². The van der Waals surface area contributed by atoms with Crippen LogP contribution >= 0.6 is 0 Å². The number of nitrogens with zero attached hydrogens (tertiary/aromatic N) is 1. The molecule has 0 aromatic carbocycles. The maximum atomic E-state index is 11.7. The molecule has 1 amide bonds. The van der Waals surface area contributed by atoms with Crippen LogP contribution < -0.4 is 29.6 Å². The Morgan fingerprint density at radius 1 is 0.955 bits per heavy atom. The van der Waals surface area contributed by atoms with E-state index < -0.39 is 16.2 Å². The van der Waals surface area contributed by atoms with Gasteiger partial charge in [-0.3, -0.25) is 8.98 Å². The molecule has 5 nitrogen and oxygen atoms in total. The molecule has 22 heavy (non-hydrogen) atoms. The quantitative estimate of drug-likeness (QED) is 0.365. The molecule has 0 aliphatic carbocycles. The van der Waals surface area contributed by atoms with Gasteiger partial charge in [0.15, 0.2) is 0 Å². The summed E-state index contributed by atoms with van der Waals surface area (Å²) in [4.78, 5) is 11.7. The van der Waals surface area contributed by atoms with Gasteiger partial charge in [0.05, 0.1) is 6.61 Å². The summed E-state index contributed by atoms with van der Waals surface area (Å²) in [6.07, 6.45) is 10.7. The third-order valence-electron chi connectivity index (χ3n) is 3.45. The zero-order valence-electron chi connectivity index (χ0n) is 15.8. The Bertz CT molecular complexity index is 380. The molecule has 0 atom stereocenters. The first-order valence-corrected chi connectivity index (χ1v) is 9.48. The van der Waals surface area contributed by atoms with E-state index in [1.165, 1.54) is 45.6 Å².